The molecule has 0 amide bonds. The van der Waals surface area contributed by atoms with Crippen LogP contribution in [0.5, 0.6) is 0 Å². The second-order valence-electron chi connectivity index (χ2n) is 2.70. The molecule has 0 spiro atoms. The van der Waals surface area contributed by atoms with Crippen molar-refractivity contribution in [1.29, 1.82) is 0 Å². The van der Waals surface area contributed by atoms with Gasteiger partial charge in [-0.1, -0.05) is 6.08 Å². The molecular formula is C5H11NNa2O6P2. The topological polar surface area (TPSA) is 124 Å². The van der Waals surface area contributed by atoms with Gasteiger partial charge in [-0.3, -0.25) is 9.46 Å². The molecule has 0 aliphatic carbocycles. The van der Waals surface area contributed by atoms with Crippen LogP contribution in [0.2, 0.25) is 0 Å². The Hall–Kier alpha value is 2.00. The molecule has 0 aliphatic rings. The maximum Gasteiger partial charge on any atom is 1.00 e. The van der Waals surface area contributed by atoms with Crippen molar-refractivity contribution in [2.75, 3.05) is 13.6 Å². The number of nitrogens with zero attached hydrogens (tertiary/aromatic N) is 1. The summed E-state index contributed by atoms with van der Waals surface area (Å²) in [5, 5.41) is 0. The minimum Gasteiger partial charge on any atom is -0.809 e. The van der Waals surface area contributed by atoms with Crippen LogP contribution in [0.4, 0.5) is 0 Å². The minimum atomic E-state index is -5.37. The molecule has 0 saturated carbocycles. The summed E-state index contributed by atoms with van der Waals surface area (Å²) in [7, 11) is -9.24. The van der Waals surface area contributed by atoms with Crippen LogP contribution in [-0.4, -0.2) is 33.8 Å². The van der Waals surface area contributed by atoms with E-state index in [4.69, 9.17) is 9.79 Å². The smallest absolute Gasteiger partial charge is 0.809 e. The van der Waals surface area contributed by atoms with Crippen molar-refractivity contribution in [2.24, 2.45) is 0 Å². The normalized spacial score (nSPS) is 13.6. The summed E-state index contributed by atoms with van der Waals surface area (Å²) in [6.07, 6.45) is 1.23. The molecule has 11 heteroatoms. The molecule has 0 aromatic rings. The number of likely N-dealkylation sites (N-methyl/N-ethyl adjacent to an activating group) is 1. The van der Waals surface area contributed by atoms with Crippen molar-refractivity contribution in [3.63, 3.8) is 0 Å². The van der Waals surface area contributed by atoms with E-state index >= 15 is 0 Å². The van der Waals surface area contributed by atoms with E-state index in [1.165, 1.54) is 6.08 Å². The van der Waals surface area contributed by atoms with Gasteiger partial charge in [-0.25, -0.2) is 0 Å². The predicted octanol–water partition coefficient (Wildman–Crippen LogP) is -7.51. The summed E-state index contributed by atoms with van der Waals surface area (Å²) in [5.74, 6) is 0. The fourth-order valence-electron chi connectivity index (χ4n) is 0.980. The Balaban J connectivity index is -0.000000845. The molecule has 1 atom stereocenters. The van der Waals surface area contributed by atoms with Crippen LogP contribution in [0.25, 0.3) is 0 Å². The van der Waals surface area contributed by atoms with Crippen molar-refractivity contribution in [2.45, 2.75) is 5.52 Å². The SMILES string of the molecule is C=CCN(C)C(P(=O)([O-])[O-])P(=O)(O)O.[Na+].[Na+]. The summed E-state index contributed by atoms with van der Waals surface area (Å²) in [5.41, 5.74) is -2.33. The van der Waals surface area contributed by atoms with Crippen molar-refractivity contribution in [1.82, 2.24) is 4.90 Å². The first-order chi connectivity index (χ1) is 6.10. The summed E-state index contributed by atoms with van der Waals surface area (Å²) in [6, 6.07) is 0. The Morgan fingerprint density at radius 2 is 1.75 bits per heavy atom. The van der Waals surface area contributed by atoms with Gasteiger partial charge in [0.05, 0.1) is 0 Å². The zero-order valence-electron chi connectivity index (χ0n) is 9.44. The van der Waals surface area contributed by atoms with Gasteiger partial charge in [0.2, 0.25) is 0 Å². The molecule has 0 rings (SSSR count). The molecule has 2 N–H and O–H groups in total. The molecule has 16 heavy (non-hydrogen) atoms. The van der Waals surface area contributed by atoms with Crippen molar-refractivity contribution in [3.05, 3.63) is 12.7 Å². The van der Waals surface area contributed by atoms with E-state index in [1.807, 2.05) is 0 Å². The Bertz CT molecular complexity index is 279. The molecule has 0 fully saturated rings. The van der Waals surface area contributed by atoms with Crippen molar-refractivity contribution >= 4 is 15.2 Å². The standard InChI is InChI=1S/C5H13NO6P2.2Na/c1-3-4-6(2)5(13(7,8)9)14(10,11)12;;/h3,5H,1,4H2,2H3,(H2,7,8,9)(H2,10,11,12);;/q;2*+1/p-2. The van der Waals surface area contributed by atoms with Gasteiger partial charge >= 0.3 is 66.7 Å². The molecule has 0 radical (unpaired) electrons. The maximum atomic E-state index is 10.7. The van der Waals surface area contributed by atoms with E-state index in [2.05, 4.69) is 6.58 Å². The molecule has 0 bridgehead atoms. The van der Waals surface area contributed by atoms with Gasteiger partial charge in [0.25, 0.3) is 0 Å². The van der Waals surface area contributed by atoms with Crippen LogP contribution in [0, 0.1) is 0 Å². The zero-order valence-corrected chi connectivity index (χ0v) is 15.2. The average Bonchev–Trinajstić information content (AvgIpc) is 1.78. The summed E-state index contributed by atoms with van der Waals surface area (Å²) in [6.45, 7) is 3.15. The summed E-state index contributed by atoms with van der Waals surface area (Å²) < 4.78 is 21.3. The summed E-state index contributed by atoms with van der Waals surface area (Å²) >= 11 is 0. The Morgan fingerprint density at radius 1 is 1.38 bits per heavy atom. The van der Waals surface area contributed by atoms with Gasteiger partial charge in [-0.15, -0.1) is 6.58 Å². The van der Waals surface area contributed by atoms with E-state index in [9.17, 15) is 18.9 Å². The monoisotopic (exact) mass is 289 g/mol. The van der Waals surface area contributed by atoms with Gasteiger partial charge in [0.1, 0.15) is 5.52 Å². The van der Waals surface area contributed by atoms with Crippen molar-refractivity contribution in [3.8, 4) is 0 Å². The molecule has 0 aromatic carbocycles. The Kier molecular flexibility index (Phi) is 13.0. The molecule has 84 valence electrons. The van der Waals surface area contributed by atoms with E-state index in [0.717, 1.165) is 11.9 Å². The van der Waals surface area contributed by atoms with E-state index in [1.54, 1.807) is 0 Å². The number of hydrogen-bond acceptors (Lipinski definition) is 5. The molecular weight excluding hydrogens is 278 g/mol. The van der Waals surface area contributed by atoms with E-state index < -0.39 is 20.7 Å². The first-order valence-electron chi connectivity index (χ1n) is 3.48. The third-order valence-electron chi connectivity index (χ3n) is 1.40. The van der Waals surface area contributed by atoms with Gasteiger partial charge in [-0.2, -0.15) is 0 Å². The average molecular weight is 289 g/mol. The maximum absolute atomic E-state index is 10.7. The number of rotatable bonds is 5. The molecule has 0 saturated heterocycles. The molecule has 0 heterocycles. The molecule has 0 aromatic heterocycles. The third-order valence-corrected chi connectivity index (χ3v) is 5.10. The Morgan fingerprint density at radius 3 is 1.94 bits per heavy atom. The largest absolute Gasteiger partial charge is 1.00 e. The van der Waals surface area contributed by atoms with Gasteiger partial charge in [-0.05, 0) is 14.6 Å². The van der Waals surface area contributed by atoms with Gasteiger partial charge in [0.15, 0.2) is 0 Å². The summed E-state index contributed by atoms with van der Waals surface area (Å²) in [4.78, 5) is 39.3. The molecule has 7 nitrogen and oxygen atoms in total. The first kappa shape index (κ1) is 23.1. The van der Waals surface area contributed by atoms with Crippen LogP contribution in [0.1, 0.15) is 0 Å². The Labute approximate surface area is 138 Å². The van der Waals surface area contributed by atoms with Crippen LogP contribution in [0.3, 0.4) is 0 Å². The second kappa shape index (κ2) is 8.99. The van der Waals surface area contributed by atoms with Gasteiger partial charge < -0.3 is 24.1 Å². The fraction of sp³-hybridized carbons (Fsp3) is 0.600. The predicted molar refractivity (Wildman–Crippen MR) is 46.3 cm³/mol. The molecule has 1 unspecified atom stereocenters. The van der Waals surface area contributed by atoms with E-state index in [0.29, 0.717) is 0 Å². The fourth-order valence-corrected chi connectivity index (χ4v) is 3.64. The van der Waals surface area contributed by atoms with E-state index in [-0.39, 0.29) is 65.7 Å². The van der Waals surface area contributed by atoms with Crippen LogP contribution in [-0.2, 0) is 9.13 Å². The third kappa shape index (κ3) is 8.16. The molecule has 0 aliphatic heterocycles. The second-order valence-corrected chi connectivity index (χ2v) is 6.35. The van der Waals surface area contributed by atoms with Crippen LogP contribution < -0.4 is 68.9 Å². The first-order valence-corrected chi connectivity index (χ1v) is 6.78. The van der Waals surface area contributed by atoms with Crippen molar-refractivity contribution < 1.29 is 87.8 Å². The zero-order chi connectivity index (χ0) is 11.6. The van der Waals surface area contributed by atoms with Crippen LogP contribution >= 0.6 is 15.2 Å². The quantitative estimate of drug-likeness (QED) is 0.292. The van der Waals surface area contributed by atoms with Crippen LogP contribution in [0.15, 0.2) is 12.7 Å². The number of hydrogen-bond donors (Lipinski definition) is 2. The minimum absolute atomic E-state index is 0. The van der Waals surface area contributed by atoms with Gasteiger partial charge in [0, 0.05) is 6.54 Å².